The Bertz CT molecular complexity index is 384. The van der Waals surface area contributed by atoms with E-state index in [2.05, 4.69) is 38.2 Å². The number of rotatable bonds is 4. The van der Waals surface area contributed by atoms with Crippen LogP contribution in [0.1, 0.15) is 49.6 Å². The molecule has 2 rings (SSSR count). The molecule has 0 spiro atoms. The van der Waals surface area contributed by atoms with Gasteiger partial charge in [-0.3, -0.25) is 4.98 Å². The van der Waals surface area contributed by atoms with Crippen LogP contribution in [-0.4, -0.2) is 24.2 Å². The van der Waals surface area contributed by atoms with Gasteiger partial charge in [-0.2, -0.15) is 0 Å². The molecule has 100 valence electrons. The van der Waals surface area contributed by atoms with Crippen molar-refractivity contribution in [2.24, 2.45) is 0 Å². The number of aryl methyl sites for hydroxylation is 1. The maximum atomic E-state index is 5.45. The number of hydrogen-bond acceptors (Lipinski definition) is 3. The van der Waals surface area contributed by atoms with Gasteiger partial charge in [0.25, 0.3) is 0 Å². The van der Waals surface area contributed by atoms with Gasteiger partial charge in [-0.05, 0) is 37.3 Å². The van der Waals surface area contributed by atoms with Crippen molar-refractivity contribution >= 4 is 0 Å². The van der Waals surface area contributed by atoms with Crippen molar-refractivity contribution in [3.05, 3.63) is 29.1 Å². The summed E-state index contributed by atoms with van der Waals surface area (Å²) in [5.41, 5.74) is 3.74. The van der Waals surface area contributed by atoms with E-state index in [0.717, 1.165) is 38.3 Å². The fourth-order valence-corrected chi connectivity index (χ4v) is 2.44. The third-order valence-electron chi connectivity index (χ3n) is 3.49. The molecule has 3 heteroatoms. The van der Waals surface area contributed by atoms with Crippen LogP contribution in [0.5, 0.6) is 0 Å². The van der Waals surface area contributed by atoms with Crippen LogP contribution in [0, 0.1) is 6.92 Å². The second-order valence-electron chi connectivity index (χ2n) is 5.41. The third-order valence-corrected chi connectivity index (χ3v) is 3.49. The van der Waals surface area contributed by atoms with E-state index >= 15 is 0 Å². The molecular weight excluding hydrogens is 224 g/mol. The van der Waals surface area contributed by atoms with Crippen LogP contribution >= 0.6 is 0 Å². The largest absolute Gasteiger partial charge is 0.381 e. The molecule has 18 heavy (non-hydrogen) atoms. The van der Waals surface area contributed by atoms with E-state index < -0.39 is 0 Å². The van der Waals surface area contributed by atoms with E-state index in [1.54, 1.807) is 0 Å². The molecule has 0 amide bonds. The summed E-state index contributed by atoms with van der Waals surface area (Å²) in [7, 11) is 0. The molecule has 1 aliphatic heterocycles. The minimum atomic E-state index is 0.495. The highest BCUT2D eigenvalue weighted by Gasteiger charge is 2.19. The van der Waals surface area contributed by atoms with Crippen LogP contribution in [-0.2, 0) is 11.3 Å². The van der Waals surface area contributed by atoms with Crippen molar-refractivity contribution in [3.8, 4) is 0 Å². The Morgan fingerprint density at radius 1 is 1.33 bits per heavy atom. The molecule has 1 saturated heterocycles. The minimum Gasteiger partial charge on any atom is -0.381 e. The Morgan fingerprint density at radius 3 is 2.72 bits per heavy atom. The number of nitrogens with zero attached hydrogens (tertiary/aromatic N) is 1. The average Bonchev–Trinajstić information content (AvgIpc) is 2.37. The van der Waals surface area contributed by atoms with E-state index in [0.29, 0.717) is 12.0 Å². The Labute approximate surface area is 110 Å². The molecule has 0 radical (unpaired) electrons. The Morgan fingerprint density at radius 2 is 2.06 bits per heavy atom. The monoisotopic (exact) mass is 248 g/mol. The second kappa shape index (κ2) is 6.30. The van der Waals surface area contributed by atoms with Gasteiger partial charge < -0.3 is 10.1 Å². The summed E-state index contributed by atoms with van der Waals surface area (Å²) in [5.74, 6) is 0.621. The fourth-order valence-electron chi connectivity index (χ4n) is 2.44. The highest BCUT2D eigenvalue weighted by molar-refractivity contribution is 5.27. The molecule has 0 bridgehead atoms. The molecule has 0 aromatic carbocycles. The maximum Gasteiger partial charge on any atom is 0.0579 e. The average molecular weight is 248 g/mol. The first-order valence-electron chi connectivity index (χ1n) is 6.94. The van der Waals surface area contributed by atoms with E-state index in [-0.39, 0.29) is 0 Å². The second-order valence-corrected chi connectivity index (χ2v) is 5.41. The standard InChI is InChI=1S/C15H24N2O/c1-11(2)16-10-15-14(5-4-12(3)17-15)13-6-8-18-9-7-13/h4-5,11,13,16H,6-10H2,1-3H3. The maximum absolute atomic E-state index is 5.45. The zero-order valence-electron chi connectivity index (χ0n) is 11.7. The first kappa shape index (κ1) is 13.5. The van der Waals surface area contributed by atoms with Crippen molar-refractivity contribution < 1.29 is 4.74 Å². The zero-order chi connectivity index (χ0) is 13.0. The molecular formula is C15H24N2O. The topological polar surface area (TPSA) is 34.1 Å². The zero-order valence-corrected chi connectivity index (χ0v) is 11.7. The number of hydrogen-bond donors (Lipinski definition) is 1. The van der Waals surface area contributed by atoms with Crippen LogP contribution in [0.2, 0.25) is 0 Å². The van der Waals surface area contributed by atoms with Gasteiger partial charge >= 0.3 is 0 Å². The summed E-state index contributed by atoms with van der Waals surface area (Å²) < 4.78 is 5.45. The van der Waals surface area contributed by atoms with Gasteiger partial charge in [-0.15, -0.1) is 0 Å². The number of ether oxygens (including phenoxy) is 1. The summed E-state index contributed by atoms with van der Waals surface area (Å²) in [5, 5.41) is 3.47. The highest BCUT2D eigenvalue weighted by Crippen LogP contribution is 2.28. The van der Waals surface area contributed by atoms with Gasteiger partial charge in [0.2, 0.25) is 0 Å². The Kier molecular flexibility index (Phi) is 4.72. The third kappa shape index (κ3) is 3.53. The first-order chi connectivity index (χ1) is 8.66. The normalized spacial score (nSPS) is 17.3. The van der Waals surface area contributed by atoms with Crippen LogP contribution in [0.3, 0.4) is 0 Å². The lowest BCUT2D eigenvalue weighted by molar-refractivity contribution is 0.0850. The van der Waals surface area contributed by atoms with Gasteiger partial charge in [-0.25, -0.2) is 0 Å². The van der Waals surface area contributed by atoms with Crippen molar-refractivity contribution in [2.45, 2.75) is 52.1 Å². The smallest absolute Gasteiger partial charge is 0.0579 e. The van der Waals surface area contributed by atoms with E-state index in [1.165, 1.54) is 11.3 Å². The van der Waals surface area contributed by atoms with E-state index in [4.69, 9.17) is 9.72 Å². The number of pyridine rings is 1. The molecule has 0 saturated carbocycles. The molecule has 1 aliphatic rings. The molecule has 0 atom stereocenters. The molecule has 3 nitrogen and oxygen atoms in total. The molecule has 1 aromatic rings. The van der Waals surface area contributed by atoms with Crippen molar-refractivity contribution in [1.29, 1.82) is 0 Å². The van der Waals surface area contributed by atoms with Crippen molar-refractivity contribution in [1.82, 2.24) is 10.3 Å². The SMILES string of the molecule is Cc1ccc(C2CCOCC2)c(CNC(C)C)n1. The van der Waals surface area contributed by atoms with Crippen molar-refractivity contribution in [3.63, 3.8) is 0 Å². The number of nitrogens with one attached hydrogen (secondary N) is 1. The van der Waals surface area contributed by atoms with Gasteiger partial charge in [-0.1, -0.05) is 19.9 Å². The summed E-state index contributed by atoms with van der Waals surface area (Å²) in [6, 6.07) is 4.88. The lowest BCUT2D eigenvalue weighted by Crippen LogP contribution is -2.24. The molecule has 0 unspecified atom stereocenters. The van der Waals surface area contributed by atoms with Gasteiger partial charge in [0, 0.05) is 31.5 Å². The Balaban J connectivity index is 2.16. The first-order valence-corrected chi connectivity index (χ1v) is 6.94. The molecule has 1 N–H and O–H groups in total. The predicted octanol–water partition coefficient (Wildman–Crippen LogP) is 2.78. The lowest BCUT2D eigenvalue weighted by atomic mass is 9.90. The van der Waals surface area contributed by atoms with Gasteiger partial charge in [0.1, 0.15) is 0 Å². The minimum absolute atomic E-state index is 0.495. The molecule has 1 aromatic heterocycles. The summed E-state index contributed by atoms with van der Waals surface area (Å²) in [4.78, 5) is 4.72. The Hall–Kier alpha value is -0.930. The lowest BCUT2D eigenvalue weighted by Gasteiger charge is -2.24. The summed E-state index contributed by atoms with van der Waals surface area (Å²) in [6.45, 7) is 9.04. The quantitative estimate of drug-likeness (QED) is 0.889. The summed E-state index contributed by atoms with van der Waals surface area (Å²) in [6.07, 6.45) is 2.25. The van der Waals surface area contributed by atoms with E-state index in [1.807, 2.05) is 0 Å². The predicted molar refractivity (Wildman–Crippen MR) is 73.7 cm³/mol. The highest BCUT2D eigenvalue weighted by atomic mass is 16.5. The van der Waals surface area contributed by atoms with Crippen LogP contribution in [0.4, 0.5) is 0 Å². The summed E-state index contributed by atoms with van der Waals surface area (Å²) >= 11 is 0. The van der Waals surface area contributed by atoms with Crippen LogP contribution in [0.15, 0.2) is 12.1 Å². The van der Waals surface area contributed by atoms with Gasteiger partial charge in [0.05, 0.1) is 5.69 Å². The molecule has 0 aliphatic carbocycles. The van der Waals surface area contributed by atoms with Crippen molar-refractivity contribution in [2.75, 3.05) is 13.2 Å². The molecule has 1 fully saturated rings. The molecule has 2 heterocycles. The van der Waals surface area contributed by atoms with Crippen LogP contribution < -0.4 is 5.32 Å². The fraction of sp³-hybridized carbons (Fsp3) is 0.667. The van der Waals surface area contributed by atoms with E-state index in [9.17, 15) is 0 Å². The van der Waals surface area contributed by atoms with Gasteiger partial charge in [0.15, 0.2) is 0 Å². The number of aromatic nitrogens is 1. The van der Waals surface area contributed by atoms with Crippen LogP contribution in [0.25, 0.3) is 0 Å².